The average molecular weight is 436 g/mol. The van der Waals surface area contributed by atoms with Crippen molar-refractivity contribution >= 4 is 34.6 Å². The molecule has 1 N–H and O–H groups in total. The molecule has 0 radical (unpaired) electrons. The van der Waals surface area contributed by atoms with E-state index in [-0.39, 0.29) is 6.04 Å². The van der Waals surface area contributed by atoms with Crippen molar-refractivity contribution in [1.82, 2.24) is 9.47 Å². The lowest BCUT2D eigenvalue weighted by Gasteiger charge is -2.39. The van der Waals surface area contributed by atoms with E-state index >= 15 is 0 Å². The molecular formula is C21H17ClF3N3S. The van der Waals surface area contributed by atoms with Gasteiger partial charge in [0.2, 0.25) is 0 Å². The van der Waals surface area contributed by atoms with E-state index in [2.05, 4.69) is 9.88 Å². The fourth-order valence-electron chi connectivity index (χ4n) is 3.57. The Morgan fingerprint density at radius 3 is 2.52 bits per heavy atom. The van der Waals surface area contributed by atoms with Gasteiger partial charge in [0.05, 0.1) is 11.6 Å². The molecule has 29 heavy (non-hydrogen) atoms. The number of alkyl halides is 3. The van der Waals surface area contributed by atoms with Crippen molar-refractivity contribution in [3.63, 3.8) is 0 Å². The Labute approximate surface area is 176 Å². The maximum Gasteiger partial charge on any atom is 0.416 e. The molecule has 0 amide bonds. The van der Waals surface area contributed by atoms with E-state index in [1.807, 2.05) is 47.5 Å². The van der Waals surface area contributed by atoms with Crippen molar-refractivity contribution in [3.05, 3.63) is 88.7 Å². The molecule has 0 bridgehead atoms. The zero-order valence-electron chi connectivity index (χ0n) is 15.2. The van der Waals surface area contributed by atoms with Gasteiger partial charge in [0.25, 0.3) is 0 Å². The number of halogens is 4. The molecule has 150 valence electrons. The van der Waals surface area contributed by atoms with Crippen LogP contribution in [0.1, 0.15) is 22.9 Å². The van der Waals surface area contributed by atoms with E-state index in [0.29, 0.717) is 22.4 Å². The zero-order valence-corrected chi connectivity index (χ0v) is 16.7. The largest absolute Gasteiger partial charge is 0.416 e. The van der Waals surface area contributed by atoms with Crippen molar-refractivity contribution in [1.29, 1.82) is 0 Å². The standard InChI is InChI=1S/C21H17ClF3N3S/c22-16-8-6-14(7-9-16)19-18-5-2-10-27(18)11-12-28(19)20(29)26-17-4-1-3-15(13-17)21(23,24)25/h1-10,13,19H,11-12H2,(H,26,29). The molecule has 1 aliphatic heterocycles. The molecule has 1 atom stereocenters. The zero-order chi connectivity index (χ0) is 20.6. The third kappa shape index (κ3) is 4.11. The van der Waals surface area contributed by atoms with Gasteiger partial charge in [0.15, 0.2) is 5.11 Å². The molecule has 0 saturated carbocycles. The molecule has 2 aromatic carbocycles. The lowest BCUT2D eigenvalue weighted by Crippen LogP contribution is -2.44. The van der Waals surface area contributed by atoms with Crippen LogP contribution >= 0.6 is 23.8 Å². The molecule has 1 aromatic heterocycles. The van der Waals surface area contributed by atoms with E-state index in [9.17, 15) is 13.2 Å². The predicted octanol–water partition coefficient (Wildman–Crippen LogP) is 5.96. The molecule has 4 rings (SSSR count). The number of nitrogens with zero attached hydrogens (tertiary/aromatic N) is 2. The summed E-state index contributed by atoms with van der Waals surface area (Å²) in [5, 5.41) is 3.99. The van der Waals surface area contributed by atoms with Gasteiger partial charge in [-0.3, -0.25) is 0 Å². The number of nitrogens with one attached hydrogen (secondary N) is 1. The summed E-state index contributed by atoms with van der Waals surface area (Å²) in [5.74, 6) is 0. The van der Waals surface area contributed by atoms with Gasteiger partial charge in [-0.25, -0.2) is 0 Å². The van der Waals surface area contributed by atoms with Crippen LogP contribution in [0.15, 0.2) is 66.9 Å². The third-order valence-corrected chi connectivity index (χ3v) is 5.51. The van der Waals surface area contributed by atoms with Crippen LogP contribution in [0, 0.1) is 0 Å². The molecule has 0 saturated heterocycles. The number of rotatable bonds is 2. The Hall–Kier alpha value is -2.51. The van der Waals surface area contributed by atoms with Gasteiger partial charge in [-0.1, -0.05) is 29.8 Å². The first-order valence-corrected chi connectivity index (χ1v) is 9.77. The monoisotopic (exact) mass is 435 g/mol. The predicted molar refractivity (Wildman–Crippen MR) is 112 cm³/mol. The Balaban J connectivity index is 1.64. The topological polar surface area (TPSA) is 20.2 Å². The minimum absolute atomic E-state index is 0.165. The summed E-state index contributed by atoms with van der Waals surface area (Å²) in [6.07, 6.45) is -2.39. The number of benzene rings is 2. The average Bonchev–Trinajstić information content (AvgIpc) is 3.16. The highest BCUT2D eigenvalue weighted by Gasteiger charge is 2.32. The molecule has 0 fully saturated rings. The summed E-state index contributed by atoms with van der Waals surface area (Å²) in [6.45, 7) is 1.36. The molecule has 0 spiro atoms. The van der Waals surface area contributed by atoms with Crippen molar-refractivity contribution < 1.29 is 13.2 Å². The van der Waals surface area contributed by atoms with E-state index in [1.54, 1.807) is 6.07 Å². The second-order valence-corrected chi connectivity index (χ2v) is 7.61. The number of hydrogen-bond acceptors (Lipinski definition) is 1. The Kier molecular flexibility index (Phi) is 5.27. The summed E-state index contributed by atoms with van der Waals surface area (Å²) in [6, 6.07) is 16.4. The van der Waals surface area contributed by atoms with E-state index in [1.165, 1.54) is 6.07 Å². The lowest BCUT2D eigenvalue weighted by molar-refractivity contribution is -0.137. The number of hydrogen-bond donors (Lipinski definition) is 1. The van der Waals surface area contributed by atoms with Gasteiger partial charge in [0.1, 0.15) is 0 Å². The molecule has 2 heterocycles. The lowest BCUT2D eigenvalue weighted by atomic mass is 10.0. The van der Waals surface area contributed by atoms with Crippen LogP contribution in [0.25, 0.3) is 0 Å². The number of aromatic nitrogens is 1. The van der Waals surface area contributed by atoms with Crippen LogP contribution in [-0.4, -0.2) is 21.1 Å². The number of fused-ring (bicyclic) bond motifs is 1. The van der Waals surface area contributed by atoms with E-state index in [0.717, 1.165) is 29.9 Å². The molecule has 1 unspecified atom stereocenters. The van der Waals surface area contributed by atoms with Crippen molar-refractivity contribution in [2.45, 2.75) is 18.8 Å². The first-order valence-electron chi connectivity index (χ1n) is 8.98. The Morgan fingerprint density at radius 2 is 1.79 bits per heavy atom. The van der Waals surface area contributed by atoms with Crippen LogP contribution < -0.4 is 5.32 Å². The van der Waals surface area contributed by atoms with Gasteiger partial charge < -0.3 is 14.8 Å². The van der Waals surface area contributed by atoms with E-state index < -0.39 is 11.7 Å². The molecule has 3 aromatic rings. The molecule has 8 heteroatoms. The van der Waals surface area contributed by atoms with Crippen LogP contribution in [-0.2, 0) is 12.7 Å². The van der Waals surface area contributed by atoms with Gasteiger partial charge in [-0.15, -0.1) is 0 Å². The Bertz CT molecular complexity index is 1030. The second-order valence-electron chi connectivity index (χ2n) is 6.78. The molecule has 3 nitrogen and oxygen atoms in total. The second kappa shape index (κ2) is 7.72. The normalized spacial score (nSPS) is 16.4. The minimum atomic E-state index is -4.41. The van der Waals surface area contributed by atoms with Crippen LogP contribution in [0.3, 0.4) is 0 Å². The molecule has 1 aliphatic rings. The molecule has 0 aliphatic carbocycles. The summed E-state index contributed by atoms with van der Waals surface area (Å²) >= 11 is 11.6. The SMILES string of the molecule is FC(F)(F)c1cccc(NC(=S)N2CCn3cccc3C2c2ccc(Cl)cc2)c1. The quantitative estimate of drug-likeness (QED) is 0.501. The Morgan fingerprint density at radius 1 is 1.03 bits per heavy atom. The maximum absolute atomic E-state index is 13.0. The van der Waals surface area contributed by atoms with Gasteiger partial charge in [-0.05, 0) is 60.2 Å². The molecular weight excluding hydrogens is 419 g/mol. The van der Waals surface area contributed by atoms with Gasteiger partial charge >= 0.3 is 6.18 Å². The number of anilines is 1. The first kappa shape index (κ1) is 19.8. The number of thiocarbonyl (C=S) groups is 1. The smallest absolute Gasteiger partial charge is 0.348 e. The van der Waals surface area contributed by atoms with Crippen molar-refractivity contribution in [3.8, 4) is 0 Å². The van der Waals surface area contributed by atoms with Crippen LogP contribution in [0.2, 0.25) is 5.02 Å². The third-order valence-electron chi connectivity index (χ3n) is 4.93. The highest BCUT2D eigenvalue weighted by Crippen LogP contribution is 2.34. The fraction of sp³-hybridized carbons (Fsp3) is 0.190. The highest BCUT2D eigenvalue weighted by molar-refractivity contribution is 7.80. The van der Waals surface area contributed by atoms with Crippen molar-refractivity contribution in [2.24, 2.45) is 0 Å². The summed E-state index contributed by atoms with van der Waals surface area (Å²) in [4.78, 5) is 1.99. The first-order chi connectivity index (χ1) is 13.8. The fourth-order valence-corrected chi connectivity index (χ4v) is 4.01. The highest BCUT2D eigenvalue weighted by atomic mass is 35.5. The van der Waals surface area contributed by atoms with Gasteiger partial charge in [0, 0.05) is 35.7 Å². The van der Waals surface area contributed by atoms with E-state index in [4.69, 9.17) is 23.8 Å². The van der Waals surface area contributed by atoms with Crippen LogP contribution in [0.4, 0.5) is 18.9 Å². The summed E-state index contributed by atoms with van der Waals surface area (Å²) < 4.78 is 41.2. The van der Waals surface area contributed by atoms with Crippen LogP contribution in [0.5, 0.6) is 0 Å². The van der Waals surface area contributed by atoms with Gasteiger partial charge in [-0.2, -0.15) is 13.2 Å². The summed E-state index contributed by atoms with van der Waals surface area (Å²) in [7, 11) is 0. The minimum Gasteiger partial charge on any atom is -0.348 e. The van der Waals surface area contributed by atoms with Crippen molar-refractivity contribution in [2.75, 3.05) is 11.9 Å². The summed E-state index contributed by atoms with van der Waals surface area (Å²) in [5.41, 5.74) is 1.65. The maximum atomic E-state index is 13.0.